The molecule has 28 heavy (non-hydrogen) atoms. The number of carbonyl (C=O) groups excluding carboxylic acids is 1. The first-order valence-electron chi connectivity index (χ1n) is 9.57. The van der Waals surface area contributed by atoms with Crippen molar-refractivity contribution in [2.45, 2.75) is 49.0 Å². The van der Waals surface area contributed by atoms with Crippen molar-refractivity contribution < 1.29 is 14.6 Å². The van der Waals surface area contributed by atoms with Gasteiger partial charge in [0, 0.05) is 29.3 Å². The Morgan fingerprint density at radius 3 is 2.50 bits per heavy atom. The number of rotatable bonds is 7. The average molecular weight is 401 g/mol. The Bertz CT molecular complexity index is 777. The highest BCUT2D eigenvalue weighted by molar-refractivity contribution is 8.00. The first-order chi connectivity index (χ1) is 13.4. The van der Waals surface area contributed by atoms with Crippen LogP contribution >= 0.6 is 11.8 Å². The van der Waals surface area contributed by atoms with E-state index in [-0.39, 0.29) is 23.7 Å². The topological polar surface area (TPSA) is 61.8 Å². The van der Waals surface area contributed by atoms with Gasteiger partial charge in [0.05, 0.1) is 13.2 Å². The number of ether oxygens (including phenoxy) is 1. The van der Waals surface area contributed by atoms with Gasteiger partial charge in [-0.1, -0.05) is 12.1 Å². The van der Waals surface area contributed by atoms with Gasteiger partial charge in [0.25, 0.3) is 0 Å². The lowest BCUT2D eigenvalue weighted by Crippen LogP contribution is -2.45. The van der Waals surface area contributed by atoms with Gasteiger partial charge < -0.3 is 15.2 Å². The van der Waals surface area contributed by atoms with E-state index >= 15 is 0 Å². The fourth-order valence-corrected chi connectivity index (χ4v) is 4.68. The standard InChI is InChI=1S/C22H28N2O3S/c1-15(2)23-22(26)21-12-20(28-19-10-8-18(27-3)9-11-19)14-24(21)13-16-4-6-17(25)7-5-16/h4-11,15,20-21,25H,12-14H2,1-3H3,(H,23,26)/t20-,21+/m1/s1. The number of hydrogen-bond donors (Lipinski definition) is 2. The molecule has 0 aromatic heterocycles. The number of nitrogens with one attached hydrogen (secondary N) is 1. The van der Waals surface area contributed by atoms with Crippen molar-refractivity contribution in [1.82, 2.24) is 10.2 Å². The number of thioether (sulfide) groups is 1. The summed E-state index contributed by atoms with van der Waals surface area (Å²) < 4.78 is 5.23. The quantitative estimate of drug-likeness (QED) is 0.743. The SMILES string of the molecule is COc1ccc(S[C@@H]2C[C@@H](C(=O)NC(C)C)N(Cc3ccc(O)cc3)C2)cc1. The smallest absolute Gasteiger partial charge is 0.237 e. The van der Waals surface area contributed by atoms with Gasteiger partial charge in [-0.15, -0.1) is 11.8 Å². The second kappa shape index (κ2) is 9.34. The van der Waals surface area contributed by atoms with Crippen LogP contribution in [0.2, 0.25) is 0 Å². The van der Waals surface area contributed by atoms with E-state index in [0.29, 0.717) is 11.8 Å². The van der Waals surface area contributed by atoms with E-state index in [2.05, 4.69) is 22.3 Å². The number of benzene rings is 2. The van der Waals surface area contributed by atoms with E-state index < -0.39 is 0 Å². The van der Waals surface area contributed by atoms with Crippen molar-refractivity contribution in [1.29, 1.82) is 0 Å². The van der Waals surface area contributed by atoms with Crippen molar-refractivity contribution >= 4 is 17.7 Å². The fraction of sp³-hybridized carbons (Fsp3) is 0.409. The molecule has 0 bridgehead atoms. The van der Waals surface area contributed by atoms with Gasteiger partial charge >= 0.3 is 0 Å². The van der Waals surface area contributed by atoms with Crippen molar-refractivity contribution in [2.24, 2.45) is 0 Å². The molecule has 3 rings (SSSR count). The van der Waals surface area contributed by atoms with Crippen LogP contribution in [-0.4, -0.2) is 46.9 Å². The molecular formula is C22H28N2O3S. The van der Waals surface area contributed by atoms with Crippen LogP contribution in [0, 0.1) is 0 Å². The highest BCUT2D eigenvalue weighted by atomic mass is 32.2. The van der Waals surface area contributed by atoms with Crippen LogP contribution in [0.25, 0.3) is 0 Å². The Balaban J connectivity index is 1.71. The zero-order chi connectivity index (χ0) is 20.1. The van der Waals surface area contributed by atoms with E-state index in [0.717, 1.165) is 24.3 Å². The van der Waals surface area contributed by atoms with Gasteiger partial charge in [0.15, 0.2) is 0 Å². The molecule has 0 aliphatic carbocycles. The van der Waals surface area contributed by atoms with Crippen LogP contribution in [0.3, 0.4) is 0 Å². The van der Waals surface area contributed by atoms with Crippen LogP contribution < -0.4 is 10.1 Å². The molecule has 1 fully saturated rings. The number of phenolic OH excluding ortho intramolecular Hbond substituents is 1. The number of hydrogen-bond acceptors (Lipinski definition) is 5. The molecule has 1 saturated heterocycles. The number of amides is 1. The highest BCUT2D eigenvalue weighted by Crippen LogP contribution is 2.34. The number of aromatic hydroxyl groups is 1. The maximum absolute atomic E-state index is 12.8. The molecule has 0 unspecified atom stereocenters. The monoisotopic (exact) mass is 400 g/mol. The van der Waals surface area contributed by atoms with Crippen LogP contribution in [0.15, 0.2) is 53.4 Å². The molecule has 2 aromatic carbocycles. The summed E-state index contributed by atoms with van der Waals surface area (Å²) in [5.74, 6) is 1.19. The number of methoxy groups -OCH3 is 1. The van der Waals surface area contributed by atoms with Crippen LogP contribution in [0.5, 0.6) is 11.5 Å². The summed E-state index contributed by atoms with van der Waals surface area (Å²) in [5.41, 5.74) is 1.09. The van der Waals surface area contributed by atoms with Gasteiger partial charge in [-0.2, -0.15) is 0 Å². The van der Waals surface area contributed by atoms with Crippen molar-refractivity contribution in [3.63, 3.8) is 0 Å². The Morgan fingerprint density at radius 1 is 1.21 bits per heavy atom. The number of carbonyl (C=O) groups is 1. The molecule has 2 aromatic rings. The maximum Gasteiger partial charge on any atom is 0.237 e. The Kier molecular flexibility index (Phi) is 6.86. The summed E-state index contributed by atoms with van der Waals surface area (Å²) in [6.45, 7) is 5.51. The Hall–Kier alpha value is -2.18. The molecular weight excluding hydrogens is 372 g/mol. The van der Waals surface area contributed by atoms with Crippen molar-refractivity contribution in [2.75, 3.05) is 13.7 Å². The van der Waals surface area contributed by atoms with Crippen molar-refractivity contribution in [3.05, 3.63) is 54.1 Å². The first kappa shape index (κ1) is 20.6. The van der Waals surface area contributed by atoms with Crippen LogP contribution in [0.4, 0.5) is 0 Å². The summed E-state index contributed by atoms with van der Waals surface area (Å²) in [5, 5.41) is 12.9. The largest absolute Gasteiger partial charge is 0.508 e. The highest BCUT2D eigenvalue weighted by Gasteiger charge is 2.37. The molecule has 1 aliphatic heterocycles. The van der Waals surface area contributed by atoms with Gasteiger partial charge in [0.1, 0.15) is 11.5 Å². The third-order valence-corrected chi connectivity index (χ3v) is 6.00. The first-order valence-corrected chi connectivity index (χ1v) is 10.5. The van der Waals surface area contributed by atoms with Gasteiger partial charge in [-0.05, 0) is 62.2 Å². The van der Waals surface area contributed by atoms with Gasteiger partial charge in [-0.25, -0.2) is 0 Å². The molecule has 0 spiro atoms. The van der Waals surface area contributed by atoms with Crippen LogP contribution in [-0.2, 0) is 11.3 Å². The number of phenols is 1. The molecule has 1 aliphatic rings. The molecule has 150 valence electrons. The van der Waals surface area contributed by atoms with E-state index in [1.54, 1.807) is 19.2 Å². The lowest BCUT2D eigenvalue weighted by atomic mass is 10.1. The zero-order valence-corrected chi connectivity index (χ0v) is 17.4. The average Bonchev–Trinajstić information content (AvgIpc) is 3.06. The molecule has 2 atom stereocenters. The Labute approximate surface area is 171 Å². The summed E-state index contributed by atoms with van der Waals surface area (Å²) in [6.07, 6.45) is 0.813. The van der Waals surface area contributed by atoms with Gasteiger partial charge in [-0.3, -0.25) is 9.69 Å². The third-order valence-electron chi connectivity index (χ3n) is 4.78. The van der Waals surface area contributed by atoms with Gasteiger partial charge in [0.2, 0.25) is 5.91 Å². The molecule has 1 amide bonds. The molecule has 0 saturated carbocycles. The summed E-state index contributed by atoms with van der Waals surface area (Å²) in [6, 6.07) is 15.3. The van der Waals surface area contributed by atoms with E-state index in [1.165, 1.54) is 4.90 Å². The summed E-state index contributed by atoms with van der Waals surface area (Å²) >= 11 is 1.81. The zero-order valence-electron chi connectivity index (χ0n) is 16.6. The number of nitrogens with zero attached hydrogens (tertiary/aromatic N) is 1. The second-order valence-electron chi connectivity index (χ2n) is 7.43. The minimum absolute atomic E-state index is 0.0895. The van der Waals surface area contributed by atoms with E-state index in [4.69, 9.17) is 4.74 Å². The Morgan fingerprint density at radius 2 is 1.89 bits per heavy atom. The van der Waals surface area contributed by atoms with E-state index in [9.17, 15) is 9.90 Å². The third kappa shape index (κ3) is 5.42. The van der Waals surface area contributed by atoms with Crippen molar-refractivity contribution in [3.8, 4) is 11.5 Å². The minimum atomic E-state index is -0.146. The normalized spacial score (nSPS) is 19.7. The minimum Gasteiger partial charge on any atom is -0.508 e. The lowest BCUT2D eigenvalue weighted by Gasteiger charge is -2.24. The summed E-state index contributed by atoms with van der Waals surface area (Å²) in [4.78, 5) is 16.2. The molecule has 1 heterocycles. The maximum atomic E-state index is 12.8. The fourth-order valence-electron chi connectivity index (χ4n) is 3.46. The van der Waals surface area contributed by atoms with E-state index in [1.807, 2.05) is 49.9 Å². The lowest BCUT2D eigenvalue weighted by molar-refractivity contribution is -0.126. The predicted molar refractivity (Wildman–Crippen MR) is 113 cm³/mol. The molecule has 6 heteroatoms. The molecule has 2 N–H and O–H groups in total. The molecule has 5 nitrogen and oxygen atoms in total. The summed E-state index contributed by atoms with van der Waals surface area (Å²) in [7, 11) is 1.66. The molecule has 0 radical (unpaired) electrons. The predicted octanol–water partition coefficient (Wildman–Crippen LogP) is 3.66. The van der Waals surface area contributed by atoms with Crippen LogP contribution in [0.1, 0.15) is 25.8 Å². The second-order valence-corrected chi connectivity index (χ2v) is 8.80. The number of likely N-dealkylation sites (tertiary alicyclic amines) is 1.